The van der Waals surface area contributed by atoms with Crippen molar-refractivity contribution in [2.75, 3.05) is 7.05 Å². The molecule has 4 heteroatoms. The second-order valence-corrected chi connectivity index (χ2v) is 6.17. The molecule has 0 aliphatic rings. The second kappa shape index (κ2) is 6.22. The highest BCUT2D eigenvalue weighted by atomic mass is 32.1. The summed E-state index contributed by atoms with van der Waals surface area (Å²) in [6.07, 6.45) is 0. The molecule has 2 rings (SSSR count). The van der Waals surface area contributed by atoms with Crippen LogP contribution in [0.5, 0.6) is 0 Å². The van der Waals surface area contributed by atoms with Crippen molar-refractivity contribution in [3.8, 4) is 0 Å². The van der Waals surface area contributed by atoms with Crippen LogP contribution in [0.4, 0.5) is 0 Å². The highest BCUT2D eigenvalue weighted by Crippen LogP contribution is 2.24. The van der Waals surface area contributed by atoms with E-state index in [1.165, 1.54) is 23.8 Å². The maximum Gasteiger partial charge on any atom is 0.264 e. The van der Waals surface area contributed by atoms with Crippen molar-refractivity contribution >= 4 is 23.0 Å². The van der Waals surface area contributed by atoms with Gasteiger partial charge < -0.3 is 4.90 Å². The summed E-state index contributed by atoms with van der Waals surface area (Å²) >= 11 is 1.32. The number of nitrogens with zero attached hydrogens (tertiary/aromatic N) is 1. The van der Waals surface area contributed by atoms with Crippen LogP contribution in [0.1, 0.15) is 51.0 Å². The lowest BCUT2D eigenvalue weighted by Crippen LogP contribution is -2.29. The number of hydrogen-bond donors (Lipinski definition) is 0. The lowest BCUT2D eigenvalue weighted by Gasteiger charge is -2.25. The van der Waals surface area contributed by atoms with Crippen molar-refractivity contribution in [2.24, 2.45) is 0 Å². The Morgan fingerprint density at radius 1 is 1.19 bits per heavy atom. The van der Waals surface area contributed by atoms with Crippen molar-refractivity contribution in [3.63, 3.8) is 0 Å². The topological polar surface area (TPSA) is 37.4 Å². The minimum absolute atomic E-state index is 0.0130. The zero-order valence-electron chi connectivity index (χ0n) is 12.7. The Kier molecular flexibility index (Phi) is 4.58. The fraction of sp³-hybridized carbons (Fsp3) is 0.294. The van der Waals surface area contributed by atoms with Crippen LogP contribution in [0.15, 0.2) is 35.7 Å². The molecule has 21 heavy (non-hydrogen) atoms. The lowest BCUT2D eigenvalue weighted by atomic mass is 10.1. The van der Waals surface area contributed by atoms with Gasteiger partial charge in [0.05, 0.1) is 10.9 Å². The van der Waals surface area contributed by atoms with E-state index in [4.69, 9.17) is 0 Å². The van der Waals surface area contributed by atoms with Gasteiger partial charge in [-0.15, -0.1) is 11.3 Å². The van der Waals surface area contributed by atoms with Gasteiger partial charge in [-0.3, -0.25) is 9.59 Å². The summed E-state index contributed by atoms with van der Waals surface area (Å²) in [6.45, 7) is 5.55. The van der Waals surface area contributed by atoms with Crippen LogP contribution in [-0.2, 0) is 0 Å². The van der Waals surface area contributed by atoms with Gasteiger partial charge in [0.25, 0.3) is 5.91 Å². The molecule has 1 atom stereocenters. The molecule has 1 heterocycles. The van der Waals surface area contributed by atoms with E-state index in [-0.39, 0.29) is 17.7 Å². The summed E-state index contributed by atoms with van der Waals surface area (Å²) in [5.74, 6) is -0.0693. The summed E-state index contributed by atoms with van der Waals surface area (Å²) in [5, 5.41) is 1.74. The SMILES string of the molecule is CC(=O)c1csc(C(=O)N(C)[C@H](C)c2ccc(C)cc2)c1. The van der Waals surface area contributed by atoms with Crippen LogP contribution < -0.4 is 0 Å². The third-order valence-corrected chi connectivity index (χ3v) is 4.60. The zero-order valence-corrected chi connectivity index (χ0v) is 13.5. The van der Waals surface area contributed by atoms with Crippen LogP contribution in [0.25, 0.3) is 0 Å². The molecule has 110 valence electrons. The Hall–Kier alpha value is -1.94. The Labute approximate surface area is 129 Å². The third kappa shape index (κ3) is 3.39. The van der Waals surface area contributed by atoms with Gasteiger partial charge in [0.1, 0.15) is 0 Å². The molecule has 0 saturated carbocycles. The first kappa shape index (κ1) is 15.4. The molecule has 0 bridgehead atoms. The number of amides is 1. The number of hydrogen-bond acceptors (Lipinski definition) is 3. The largest absolute Gasteiger partial charge is 0.334 e. The highest BCUT2D eigenvalue weighted by molar-refractivity contribution is 7.12. The molecular formula is C17H19NO2S. The molecule has 0 fully saturated rings. The first-order valence-electron chi connectivity index (χ1n) is 6.83. The van der Waals surface area contributed by atoms with Crippen LogP contribution in [0.3, 0.4) is 0 Å². The minimum atomic E-state index is -0.0550. The van der Waals surface area contributed by atoms with Crippen LogP contribution in [0.2, 0.25) is 0 Å². The molecule has 1 aromatic heterocycles. The predicted molar refractivity (Wildman–Crippen MR) is 86.0 cm³/mol. The molecule has 0 aliphatic heterocycles. The molecular weight excluding hydrogens is 282 g/mol. The van der Waals surface area contributed by atoms with E-state index in [2.05, 4.69) is 0 Å². The van der Waals surface area contributed by atoms with Crippen molar-refractivity contribution in [1.29, 1.82) is 0 Å². The molecule has 3 nitrogen and oxygen atoms in total. The van der Waals surface area contributed by atoms with Crippen LogP contribution in [-0.4, -0.2) is 23.6 Å². The van der Waals surface area contributed by atoms with E-state index in [1.54, 1.807) is 23.4 Å². The average molecular weight is 301 g/mol. The molecule has 0 unspecified atom stereocenters. The van der Waals surface area contributed by atoms with Gasteiger partial charge in [0.15, 0.2) is 5.78 Å². The van der Waals surface area contributed by atoms with Crippen molar-refractivity contribution in [3.05, 3.63) is 57.3 Å². The smallest absolute Gasteiger partial charge is 0.264 e. The van der Waals surface area contributed by atoms with Crippen molar-refractivity contribution in [1.82, 2.24) is 4.90 Å². The third-order valence-electron chi connectivity index (χ3n) is 3.68. The number of aryl methyl sites for hydroxylation is 1. The van der Waals surface area contributed by atoms with Crippen LogP contribution >= 0.6 is 11.3 Å². The van der Waals surface area contributed by atoms with Crippen molar-refractivity contribution in [2.45, 2.75) is 26.8 Å². The number of thiophene rings is 1. The Balaban J connectivity index is 2.17. The molecule has 0 aliphatic carbocycles. The predicted octanol–water partition coefficient (Wildman–Crippen LogP) is 4.09. The van der Waals surface area contributed by atoms with Gasteiger partial charge in [-0.25, -0.2) is 0 Å². The molecule has 0 radical (unpaired) electrons. The Bertz CT molecular complexity index is 658. The second-order valence-electron chi connectivity index (χ2n) is 5.26. The Morgan fingerprint density at radius 2 is 1.81 bits per heavy atom. The quantitative estimate of drug-likeness (QED) is 0.798. The van der Waals surface area contributed by atoms with Gasteiger partial charge in [-0.1, -0.05) is 29.8 Å². The van der Waals surface area contributed by atoms with E-state index in [0.717, 1.165) is 5.56 Å². The maximum atomic E-state index is 12.5. The van der Waals surface area contributed by atoms with E-state index in [0.29, 0.717) is 10.4 Å². The zero-order chi connectivity index (χ0) is 15.6. The molecule has 1 aromatic carbocycles. The summed E-state index contributed by atoms with van der Waals surface area (Å²) < 4.78 is 0. The molecule has 1 amide bonds. The fourth-order valence-corrected chi connectivity index (χ4v) is 2.98. The van der Waals surface area contributed by atoms with E-state index >= 15 is 0 Å². The van der Waals surface area contributed by atoms with Crippen molar-refractivity contribution < 1.29 is 9.59 Å². The van der Waals surface area contributed by atoms with E-state index in [9.17, 15) is 9.59 Å². The summed E-state index contributed by atoms with van der Waals surface area (Å²) in [7, 11) is 1.79. The maximum absolute atomic E-state index is 12.5. The van der Waals surface area contributed by atoms with Gasteiger partial charge in [0.2, 0.25) is 0 Å². The monoisotopic (exact) mass is 301 g/mol. The number of Topliss-reactive ketones (excluding diaryl/α,β-unsaturated/α-hetero) is 1. The highest BCUT2D eigenvalue weighted by Gasteiger charge is 2.20. The fourth-order valence-electron chi connectivity index (χ4n) is 2.05. The first-order chi connectivity index (χ1) is 9.90. The number of ketones is 1. The Morgan fingerprint density at radius 3 is 2.33 bits per heavy atom. The number of carbonyl (C=O) groups is 2. The number of benzene rings is 1. The standard InChI is InChI=1S/C17H19NO2S/c1-11-5-7-14(8-6-11)12(2)18(4)17(20)16-9-15(10-21-16)13(3)19/h5-10,12H,1-4H3/t12-/m1/s1. The van der Waals surface area contributed by atoms with Gasteiger partial charge in [0, 0.05) is 18.0 Å². The lowest BCUT2D eigenvalue weighted by molar-refractivity contribution is 0.0747. The summed E-state index contributed by atoms with van der Waals surface area (Å²) in [6, 6.07) is 9.83. The summed E-state index contributed by atoms with van der Waals surface area (Å²) in [5.41, 5.74) is 2.89. The molecule has 2 aromatic rings. The summed E-state index contributed by atoms with van der Waals surface area (Å²) in [4.78, 5) is 26.1. The molecule has 0 N–H and O–H groups in total. The average Bonchev–Trinajstić information content (AvgIpc) is 2.96. The van der Waals surface area contributed by atoms with Crippen LogP contribution in [0, 0.1) is 6.92 Å². The normalized spacial score (nSPS) is 12.0. The van der Waals surface area contributed by atoms with E-state index < -0.39 is 0 Å². The minimum Gasteiger partial charge on any atom is -0.334 e. The molecule has 0 saturated heterocycles. The van der Waals surface area contributed by atoms with Gasteiger partial charge in [-0.2, -0.15) is 0 Å². The van der Waals surface area contributed by atoms with Gasteiger partial charge >= 0.3 is 0 Å². The van der Waals surface area contributed by atoms with Gasteiger partial charge in [-0.05, 0) is 32.4 Å². The number of rotatable bonds is 4. The first-order valence-corrected chi connectivity index (χ1v) is 7.71. The van der Waals surface area contributed by atoms with E-state index in [1.807, 2.05) is 38.1 Å². The number of carbonyl (C=O) groups excluding carboxylic acids is 2. The molecule has 0 spiro atoms.